The van der Waals surface area contributed by atoms with Crippen LogP contribution in [0.25, 0.3) is 0 Å². The van der Waals surface area contributed by atoms with E-state index in [0.717, 1.165) is 6.61 Å². The first kappa shape index (κ1) is 6.81. The third-order valence-electron chi connectivity index (χ3n) is 1.73. The maximum Gasteiger partial charge on any atom is 0.0779 e. The SMILES string of the molecule is C=C(C)[C@@H]1CCCCO1. The fraction of sp³-hybridized carbons (Fsp3) is 0.750. The Bertz CT molecular complexity index is 101. The summed E-state index contributed by atoms with van der Waals surface area (Å²) < 4.78 is 5.44. The van der Waals surface area contributed by atoms with Crippen molar-refractivity contribution in [1.29, 1.82) is 0 Å². The van der Waals surface area contributed by atoms with Gasteiger partial charge in [-0.3, -0.25) is 0 Å². The first-order valence-electron chi connectivity index (χ1n) is 3.57. The molecule has 0 saturated carbocycles. The van der Waals surface area contributed by atoms with Crippen LogP contribution < -0.4 is 0 Å². The van der Waals surface area contributed by atoms with Gasteiger partial charge in [0, 0.05) is 6.61 Å². The van der Waals surface area contributed by atoms with Gasteiger partial charge >= 0.3 is 0 Å². The van der Waals surface area contributed by atoms with Crippen LogP contribution in [0.15, 0.2) is 12.2 Å². The lowest BCUT2D eigenvalue weighted by Gasteiger charge is -2.22. The molecule has 9 heavy (non-hydrogen) atoms. The van der Waals surface area contributed by atoms with Crippen LogP contribution in [0, 0.1) is 0 Å². The van der Waals surface area contributed by atoms with Crippen LogP contribution in [0.4, 0.5) is 0 Å². The van der Waals surface area contributed by atoms with E-state index in [4.69, 9.17) is 4.74 Å². The van der Waals surface area contributed by atoms with E-state index < -0.39 is 0 Å². The van der Waals surface area contributed by atoms with Crippen molar-refractivity contribution in [2.24, 2.45) is 0 Å². The molecule has 1 heteroatoms. The fourth-order valence-electron chi connectivity index (χ4n) is 1.13. The predicted molar refractivity (Wildman–Crippen MR) is 38.4 cm³/mol. The van der Waals surface area contributed by atoms with Gasteiger partial charge in [-0.2, -0.15) is 0 Å². The second kappa shape index (κ2) is 3.02. The van der Waals surface area contributed by atoms with E-state index >= 15 is 0 Å². The van der Waals surface area contributed by atoms with E-state index in [1.165, 1.54) is 24.8 Å². The number of hydrogen-bond donors (Lipinski definition) is 0. The van der Waals surface area contributed by atoms with Crippen LogP contribution in [0.2, 0.25) is 0 Å². The number of hydrogen-bond acceptors (Lipinski definition) is 1. The van der Waals surface area contributed by atoms with E-state index in [-0.39, 0.29) is 0 Å². The third-order valence-corrected chi connectivity index (χ3v) is 1.73. The molecular formula is C8H14O. The van der Waals surface area contributed by atoms with Gasteiger partial charge in [0.05, 0.1) is 6.10 Å². The lowest BCUT2D eigenvalue weighted by molar-refractivity contribution is 0.0396. The molecule has 0 spiro atoms. The van der Waals surface area contributed by atoms with Crippen molar-refractivity contribution in [3.05, 3.63) is 12.2 Å². The molecular weight excluding hydrogens is 112 g/mol. The molecule has 52 valence electrons. The molecule has 0 N–H and O–H groups in total. The molecule has 0 amide bonds. The molecule has 1 saturated heterocycles. The molecule has 0 aromatic rings. The summed E-state index contributed by atoms with van der Waals surface area (Å²) in [6.07, 6.45) is 4.06. The Morgan fingerprint density at radius 3 is 2.67 bits per heavy atom. The highest BCUT2D eigenvalue weighted by atomic mass is 16.5. The highest BCUT2D eigenvalue weighted by Crippen LogP contribution is 2.17. The fourth-order valence-corrected chi connectivity index (χ4v) is 1.13. The van der Waals surface area contributed by atoms with Crippen molar-refractivity contribution in [3.8, 4) is 0 Å². The molecule has 0 radical (unpaired) electrons. The molecule has 1 fully saturated rings. The molecule has 1 aliphatic heterocycles. The summed E-state index contributed by atoms with van der Waals surface area (Å²) >= 11 is 0. The molecule has 1 nitrogen and oxygen atoms in total. The monoisotopic (exact) mass is 126 g/mol. The largest absolute Gasteiger partial charge is 0.374 e. The zero-order valence-corrected chi connectivity index (χ0v) is 6.02. The second-order valence-electron chi connectivity index (χ2n) is 2.70. The van der Waals surface area contributed by atoms with E-state index in [2.05, 4.69) is 6.58 Å². The van der Waals surface area contributed by atoms with Gasteiger partial charge in [-0.15, -0.1) is 0 Å². The number of ether oxygens (including phenoxy) is 1. The summed E-state index contributed by atoms with van der Waals surface area (Å²) in [6, 6.07) is 0. The Balaban J connectivity index is 2.31. The minimum Gasteiger partial charge on any atom is -0.374 e. The molecule has 0 unspecified atom stereocenters. The molecule has 0 aromatic carbocycles. The Labute approximate surface area is 56.7 Å². The third kappa shape index (κ3) is 1.83. The summed E-state index contributed by atoms with van der Waals surface area (Å²) in [5, 5.41) is 0. The first-order chi connectivity index (χ1) is 4.30. The Morgan fingerprint density at radius 2 is 2.33 bits per heavy atom. The van der Waals surface area contributed by atoms with Crippen LogP contribution >= 0.6 is 0 Å². The van der Waals surface area contributed by atoms with Crippen molar-refractivity contribution in [2.75, 3.05) is 6.61 Å². The van der Waals surface area contributed by atoms with Crippen molar-refractivity contribution < 1.29 is 4.74 Å². The molecule has 1 aliphatic rings. The second-order valence-corrected chi connectivity index (χ2v) is 2.70. The normalized spacial score (nSPS) is 27.9. The quantitative estimate of drug-likeness (QED) is 0.489. The lowest BCUT2D eigenvalue weighted by Crippen LogP contribution is -2.19. The van der Waals surface area contributed by atoms with Gasteiger partial charge in [-0.25, -0.2) is 0 Å². The highest BCUT2D eigenvalue weighted by Gasteiger charge is 2.12. The molecule has 0 aliphatic carbocycles. The van der Waals surface area contributed by atoms with Crippen molar-refractivity contribution >= 4 is 0 Å². The smallest absolute Gasteiger partial charge is 0.0779 e. The topological polar surface area (TPSA) is 9.23 Å². The molecule has 0 bridgehead atoms. The zero-order chi connectivity index (χ0) is 6.69. The molecule has 1 heterocycles. The Kier molecular flexibility index (Phi) is 2.29. The van der Waals surface area contributed by atoms with E-state index in [1.54, 1.807) is 0 Å². The van der Waals surface area contributed by atoms with Crippen molar-refractivity contribution in [1.82, 2.24) is 0 Å². The van der Waals surface area contributed by atoms with Gasteiger partial charge in [0.25, 0.3) is 0 Å². The van der Waals surface area contributed by atoms with Gasteiger partial charge in [0.1, 0.15) is 0 Å². The predicted octanol–water partition coefficient (Wildman–Crippen LogP) is 2.13. The standard InChI is InChI=1S/C8H14O/c1-7(2)8-5-3-4-6-9-8/h8H,1,3-6H2,2H3/t8-/m0/s1. The summed E-state index contributed by atoms with van der Waals surface area (Å²) in [5.41, 5.74) is 1.18. The van der Waals surface area contributed by atoms with Gasteiger partial charge in [-0.05, 0) is 26.2 Å². The van der Waals surface area contributed by atoms with E-state index in [0.29, 0.717) is 6.10 Å². The maximum absolute atomic E-state index is 5.44. The lowest BCUT2D eigenvalue weighted by atomic mass is 10.0. The van der Waals surface area contributed by atoms with Crippen LogP contribution in [0.1, 0.15) is 26.2 Å². The van der Waals surface area contributed by atoms with Crippen LogP contribution in [-0.2, 0) is 4.74 Å². The summed E-state index contributed by atoms with van der Waals surface area (Å²) in [7, 11) is 0. The van der Waals surface area contributed by atoms with Crippen LogP contribution in [0.3, 0.4) is 0 Å². The van der Waals surface area contributed by atoms with Gasteiger partial charge in [0.15, 0.2) is 0 Å². The zero-order valence-electron chi connectivity index (χ0n) is 6.02. The number of rotatable bonds is 1. The van der Waals surface area contributed by atoms with Gasteiger partial charge < -0.3 is 4.74 Å². The highest BCUT2D eigenvalue weighted by molar-refractivity contribution is 4.98. The van der Waals surface area contributed by atoms with E-state index in [9.17, 15) is 0 Å². The average Bonchev–Trinajstić information content (AvgIpc) is 1.90. The minimum atomic E-state index is 0.360. The first-order valence-corrected chi connectivity index (χ1v) is 3.57. The Morgan fingerprint density at radius 1 is 1.56 bits per heavy atom. The minimum absolute atomic E-state index is 0.360. The Hall–Kier alpha value is -0.300. The van der Waals surface area contributed by atoms with E-state index in [1.807, 2.05) is 6.92 Å². The average molecular weight is 126 g/mol. The summed E-state index contributed by atoms with van der Waals surface area (Å²) in [6.45, 7) is 6.82. The molecule has 0 aromatic heterocycles. The molecule has 1 atom stereocenters. The van der Waals surface area contributed by atoms with Crippen LogP contribution in [0.5, 0.6) is 0 Å². The summed E-state index contributed by atoms with van der Waals surface area (Å²) in [4.78, 5) is 0. The van der Waals surface area contributed by atoms with Crippen LogP contribution in [-0.4, -0.2) is 12.7 Å². The van der Waals surface area contributed by atoms with Crippen molar-refractivity contribution in [2.45, 2.75) is 32.3 Å². The van der Waals surface area contributed by atoms with Gasteiger partial charge in [0.2, 0.25) is 0 Å². The summed E-state index contributed by atoms with van der Waals surface area (Å²) in [5.74, 6) is 0. The van der Waals surface area contributed by atoms with Crippen molar-refractivity contribution in [3.63, 3.8) is 0 Å². The van der Waals surface area contributed by atoms with Gasteiger partial charge in [-0.1, -0.05) is 12.2 Å². The maximum atomic E-state index is 5.44. The molecule has 1 rings (SSSR count).